The van der Waals surface area contributed by atoms with Crippen LogP contribution in [0.25, 0.3) is 0 Å². The quantitative estimate of drug-likeness (QED) is 0.775. The number of hydrogen-bond acceptors (Lipinski definition) is 1. The highest BCUT2D eigenvalue weighted by atomic mass is 35.5. The highest BCUT2D eigenvalue weighted by Gasteiger charge is 2.33. The van der Waals surface area contributed by atoms with Gasteiger partial charge in [0.05, 0.1) is 0 Å². The zero-order chi connectivity index (χ0) is 13.8. The van der Waals surface area contributed by atoms with Crippen LogP contribution in [-0.2, 0) is 0 Å². The minimum atomic E-state index is -4.43. The van der Waals surface area contributed by atoms with Crippen molar-refractivity contribution in [3.63, 3.8) is 0 Å². The number of alkyl halides is 4. The number of carbonyl (C=O) groups excluding carboxylic acids is 1. The summed E-state index contributed by atoms with van der Waals surface area (Å²) in [6.07, 6.45) is -4.43. The second kappa shape index (κ2) is 6.09. The van der Waals surface area contributed by atoms with Crippen molar-refractivity contribution in [3.05, 3.63) is 35.4 Å². The molecule has 0 aliphatic rings. The molecule has 100 valence electrons. The fraction of sp³-hybridized carbons (Fsp3) is 0.417. The molecule has 6 heteroatoms. The minimum Gasteiger partial charge on any atom is -0.328 e. The lowest BCUT2D eigenvalue weighted by molar-refractivity contribution is -0.140. The number of aryl methyl sites for hydroxylation is 1. The highest BCUT2D eigenvalue weighted by Crippen LogP contribution is 2.19. The number of benzene rings is 1. The lowest BCUT2D eigenvalue weighted by atomic mass is 10.1. The Kier molecular flexibility index (Phi) is 5.02. The predicted molar refractivity (Wildman–Crippen MR) is 63.9 cm³/mol. The van der Waals surface area contributed by atoms with Gasteiger partial charge in [-0.2, -0.15) is 13.2 Å². The van der Waals surface area contributed by atoms with Gasteiger partial charge in [-0.3, -0.25) is 4.79 Å². The van der Waals surface area contributed by atoms with Gasteiger partial charge < -0.3 is 4.90 Å². The van der Waals surface area contributed by atoms with Crippen molar-refractivity contribution in [1.29, 1.82) is 0 Å². The second-order valence-electron chi connectivity index (χ2n) is 3.85. The third-order valence-corrected chi connectivity index (χ3v) is 2.56. The molecule has 0 saturated heterocycles. The third kappa shape index (κ3) is 4.22. The number of nitrogens with zero attached hydrogens (tertiary/aromatic N) is 1. The highest BCUT2D eigenvalue weighted by molar-refractivity contribution is 6.18. The fourth-order valence-corrected chi connectivity index (χ4v) is 1.76. The molecule has 1 aromatic carbocycles. The van der Waals surface area contributed by atoms with E-state index in [1.807, 2.05) is 0 Å². The summed E-state index contributed by atoms with van der Waals surface area (Å²) in [6.45, 7) is 0.265. The standard InChI is InChI=1S/C12H13ClF3NO/c1-9-4-2-3-5-10(9)11(18)17(7-6-13)8-12(14,15)16/h2-5H,6-8H2,1H3. The topological polar surface area (TPSA) is 20.3 Å². The van der Waals surface area contributed by atoms with Gasteiger partial charge in [0.2, 0.25) is 0 Å². The largest absolute Gasteiger partial charge is 0.406 e. The molecule has 0 N–H and O–H groups in total. The molecule has 0 aliphatic carbocycles. The fourth-order valence-electron chi connectivity index (χ4n) is 1.55. The summed E-state index contributed by atoms with van der Waals surface area (Å²) in [5.41, 5.74) is 0.913. The molecule has 0 aromatic heterocycles. The Bertz CT molecular complexity index is 420. The summed E-state index contributed by atoms with van der Waals surface area (Å²) in [5.74, 6) is -0.681. The Labute approximate surface area is 108 Å². The summed E-state index contributed by atoms with van der Waals surface area (Å²) in [7, 11) is 0. The van der Waals surface area contributed by atoms with Crippen LogP contribution in [0.4, 0.5) is 13.2 Å². The first-order chi connectivity index (χ1) is 8.35. The maximum atomic E-state index is 12.4. The van der Waals surface area contributed by atoms with Crippen LogP contribution >= 0.6 is 11.6 Å². The van der Waals surface area contributed by atoms with Crippen LogP contribution in [-0.4, -0.2) is 36.0 Å². The van der Waals surface area contributed by atoms with E-state index in [0.717, 1.165) is 4.90 Å². The van der Waals surface area contributed by atoms with Crippen molar-refractivity contribution in [1.82, 2.24) is 4.90 Å². The van der Waals surface area contributed by atoms with Gasteiger partial charge in [0.1, 0.15) is 6.54 Å². The van der Waals surface area contributed by atoms with Gasteiger partial charge in [-0.1, -0.05) is 18.2 Å². The first kappa shape index (κ1) is 14.8. The van der Waals surface area contributed by atoms with Crippen LogP contribution in [0, 0.1) is 6.92 Å². The first-order valence-corrected chi connectivity index (χ1v) is 5.86. The average Bonchev–Trinajstić information content (AvgIpc) is 2.26. The van der Waals surface area contributed by atoms with Gasteiger partial charge in [-0.15, -0.1) is 11.6 Å². The molecule has 0 atom stereocenters. The Morgan fingerprint density at radius 3 is 2.44 bits per heavy atom. The Morgan fingerprint density at radius 2 is 1.94 bits per heavy atom. The van der Waals surface area contributed by atoms with Crippen molar-refractivity contribution in [2.75, 3.05) is 19.0 Å². The molecule has 0 aliphatic heterocycles. The van der Waals surface area contributed by atoms with Crippen LogP contribution in [0.15, 0.2) is 24.3 Å². The molecule has 0 unspecified atom stereocenters. The van der Waals surface area contributed by atoms with E-state index in [4.69, 9.17) is 11.6 Å². The van der Waals surface area contributed by atoms with Gasteiger partial charge >= 0.3 is 6.18 Å². The van der Waals surface area contributed by atoms with Gasteiger partial charge in [-0.05, 0) is 18.6 Å². The van der Waals surface area contributed by atoms with Crippen LogP contribution in [0.3, 0.4) is 0 Å². The van der Waals surface area contributed by atoms with Crippen molar-refractivity contribution in [2.45, 2.75) is 13.1 Å². The molecule has 0 radical (unpaired) electrons. The number of amides is 1. The summed E-state index contributed by atoms with van der Waals surface area (Å²) in [5, 5.41) is 0. The van der Waals surface area contributed by atoms with E-state index >= 15 is 0 Å². The Hall–Kier alpha value is -1.23. The predicted octanol–water partition coefficient (Wildman–Crippen LogP) is 3.24. The summed E-state index contributed by atoms with van der Waals surface area (Å²) < 4.78 is 37.1. The molecule has 1 rings (SSSR count). The number of rotatable bonds is 4. The SMILES string of the molecule is Cc1ccccc1C(=O)N(CCCl)CC(F)(F)F. The van der Waals surface area contributed by atoms with Crippen LogP contribution in [0.1, 0.15) is 15.9 Å². The molecule has 1 aromatic rings. The van der Waals surface area contributed by atoms with Crippen molar-refractivity contribution in [3.8, 4) is 0 Å². The molecule has 2 nitrogen and oxygen atoms in total. The Morgan fingerprint density at radius 1 is 1.33 bits per heavy atom. The van der Waals surface area contributed by atoms with E-state index in [1.165, 1.54) is 6.07 Å². The molecular formula is C12H13ClF3NO. The molecular weight excluding hydrogens is 267 g/mol. The average molecular weight is 280 g/mol. The third-order valence-electron chi connectivity index (χ3n) is 2.39. The number of hydrogen-bond donors (Lipinski definition) is 0. The van der Waals surface area contributed by atoms with Crippen molar-refractivity contribution >= 4 is 17.5 Å². The summed E-state index contributed by atoms with van der Waals surface area (Å²) >= 11 is 5.44. The normalized spacial score (nSPS) is 11.4. The van der Waals surface area contributed by atoms with Crippen molar-refractivity contribution in [2.24, 2.45) is 0 Å². The maximum absolute atomic E-state index is 12.4. The van der Waals surface area contributed by atoms with Crippen LogP contribution in [0.5, 0.6) is 0 Å². The van der Waals surface area contributed by atoms with Gasteiger partial charge in [-0.25, -0.2) is 0 Å². The lowest BCUT2D eigenvalue weighted by Crippen LogP contribution is -2.40. The molecule has 18 heavy (non-hydrogen) atoms. The molecule has 0 heterocycles. The van der Waals surface area contributed by atoms with E-state index in [-0.39, 0.29) is 18.0 Å². The van der Waals surface area contributed by atoms with E-state index in [9.17, 15) is 18.0 Å². The zero-order valence-corrected chi connectivity index (χ0v) is 10.6. The second-order valence-corrected chi connectivity index (χ2v) is 4.22. The lowest BCUT2D eigenvalue weighted by Gasteiger charge is -2.23. The first-order valence-electron chi connectivity index (χ1n) is 5.33. The van der Waals surface area contributed by atoms with E-state index in [1.54, 1.807) is 25.1 Å². The van der Waals surface area contributed by atoms with E-state index in [0.29, 0.717) is 5.56 Å². The summed E-state index contributed by atoms with van der Waals surface area (Å²) in [4.78, 5) is 12.7. The van der Waals surface area contributed by atoms with E-state index < -0.39 is 18.6 Å². The number of carbonyl (C=O) groups is 1. The maximum Gasteiger partial charge on any atom is 0.406 e. The molecule has 0 spiro atoms. The Balaban J connectivity index is 2.93. The number of halogens is 4. The zero-order valence-electron chi connectivity index (χ0n) is 9.80. The van der Waals surface area contributed by atoms with Crippen LogP contribution < -0.4 is 0 Å². The molecule has 0 saturated carbocycles. The van der Waals surface area contributed by atoms with Crippen LogP contribution in [0.2, 0.25) is 0 Å². The molecule has 1 amide bonds. The van der Waals surface area contributed by atoms with E-state index in [2.05, 4.69) is 0 Å². The van der Waals surface area contributed by atoms with Gasteiger partial charge in [0, 0.05) is 18.0 Å². The monoisotopic (exact) mass is 279 g/mol. The molecule has 0 bridgehead atoms. The van der Waals surface area contributed by atoms with Gasteiger partial charge in [0.25, 0.3) is 5.91 Å². The smallest absolute Gasteiger partial charge is 0.328 e. The summed E-state index contributed by atoms with van der Waals surface area (Å²) in [6, 6.07) is 6.53. The molecule has 0 fully saturated rings. The van der Waals surface area contributed by atoms with Gasteiger partial charge in [0.15, 0.2) is 0 Å². The van der Waals surface area contributed by atoms with Crippen molar-refractivity contribution < 1.29 is 18.0 Å². The minimum absolute atomic E-state index is 0.0340.